The molecule has 15 nitrogen and oxygen atoms in total. The molecule has 342 valence electrons. The van der Waals surface area contributed by atoms with Crippen molar-refractivity contribution in [3.05, 3.63) is 170 Å². The fourth-order valence-electron chi connectivity index (χ4n) is 5.11. The summed E-state index contributed by atoms with van der Waals surface area (Å²) in [5, 5.41) is 25.3. The quantitative estimate of drug-likeness (QED) is 0.0381. The minimum Gasteiger partial charge on any atom is -0.478 e. The van der Waals surface area contributed by atoms with E-state index >= 15 is 0 Å². The fraction of sp³-hybridized carbons (Fsp3) is 0.136. The van der Waals surface area contributed by atoms with Crippen LogP contribution >= 0.6 is 62.3 Å². The lowest BCUT2D eigenvalue weighted by Crippen LogP contribution is -2.16. The first-order valence-electron chi connectivity index (χ1n) is 19.2. The normalized spacial score (nSPS) is 11.8. The monoisotopic (exact) mass is 1040 g/mol. The summed E-state index contributed by atoms with van der Waals surface area (Å²) in [4.78, 5) is 23.9. The number of carbonyl (C=O) groups excluding carboxylic acids is 1. The van der Waals surface area contributed by atoms with E-state index in [4.69, 9.17) is 81.4 Å². The number of aryl methyl sites for hydroxylation is 1. The Balaban J connectivity index is 0.000000175. The van der Waals surface area contributed by atoms with Crippen LogP contribution in [0.3, 0.4) is 0 Å². The molecule has 22 heteroatoms. The average Bonchev–Trinajstić information content (AvgIpc) is 4.12. The Bertz CT molecular complexity index is 2850. The number of nitrogens with two attached hydrogens (primary N) is 2. The van der Waals surface area contributed by atoms with Crippen LogP contribution in [0, 0.1) is 11.6 Å². The highest BCUT2D eigenvalue weighted by Gasteiger charge is 2.23. The number of nitrogens with zero attached hydrogens (tertiary/aromatic N) is 7. The second kappa shape index (κ2) is 24.2. The van der Waals surface area contributed by atoms with Gasteiger partial charge in [0.05, 0.1) is 4.83 Å². The predicted octanol–water partition coefficient (Wildman–Crippen LogP) is 12.1. The third-order valence-electron chi connectivity index (χ3n) is 8.50. The van der Waals surface area contributed by atoms with Crippen LogP contribution in [0.15, 0.2) is 128 Å². The first-order valence-corrected chi connectivity index (χ1v) is 21.6. The van der Waals surface area contributed by atoms with Crippen molar-refractivity contribution in [1.29, 1.82) is 0 Å². The number of rotatable bonds is 10. The molecule has 3 heterocycles. The maximum absolute atomic E-state index is 14.2. The number of carbonyl (C=O) groups is 1. The molecule has 0 fully saturated rings. The summed E-state index contributed by atoms with van der Waals surface area (Å²) >= 11 is 26.4. The standard InChI is InChI=1S/C17H12ClF2N3O3.C10H8BrClN2O.C10H9ClN2O.C7H7ClN2O/c1-8(25-12-7-6-11(19)13(14(12)20)15(21)24)17-22-16(23-26-17)9-2-4-10(18)5-3-9;1-6(11)10-13-9(14-15-10)7-2-4-8(12)5-3-7;1-2-9-12-10(13-14-9)7-3-5-8(11)6-4-7;8-6-3-1-5(2-4-6)7(9)10-11/h2-8H,1H3,(H2,21,24);2-6H,1H3;3-6H,2H2,1H3;1-4,11H,(H2,9,10). The molecule has 66 heavy (non-hydrogen) atoms. The number of alkyl halides is 1. The molecule has 5 N–H and O–H groups in total. The highest BCUT2D eigenvalue weighted by atomic mass is 79.9. The molecule has 2 unspecified atom stereocenters. The molecule has 5 aromatic carbocycles. The van der Waals surface area contributed by atoms with Crippen LogP contribution in [0.25, 0.3) is 34.2 Å². The maximum Gasteiger partial charge on any atom is 0.267 e. The topological polar surface area (TPSA) is 228 Å². The molecule has 0 aliphatic heterocycles. The van der Waals surface area contributed by atoms with E-state index in [0.717, 1.165) is 29.7 Å². The van der Waals surface area contributed by atoms with Gasteiger partial charge in [0.15, 0.2) is 23.5 Å². The average molecular weight is 1050 g/mol. The Morgan fingerprint density at radius 3 is 1.52 bits per heavy atom. The Morgan fingerprint density at radius 1 is 0.682 bits per heavy atom. The van der Waals surface area contributed by atoms with E-state index < -0.39 is 29.2 Å². The lowest BCUT2D eigenvalue weighted by molar-refractivity contribution is 0.0989. The predicted molar refractivity (Wildman–Crippen MR) is 249 cm³/mol. The molecule has 2 atom stereocenters. The van der Waals surface area contributed by atoms with Crippen molar-refractivity contribution in [1.82, 2.24) is 30.4 Å². The Kier molecular flexibility index (Phi) is 18.5. The van der Waals surface area contributed by atoms with Gasteiger partial charge in [-0.1, -0.05) is 89.9 Å². The van der Waals surface area contributed by atoms with Crippen LogP contribution in [0.4, 0.5) is 8.78 Å². The third-order valence-corrected chi connectivity index (χ3v) is 9.90. The van der Waals surface area contributed by atoms with Gasteiger partial charge in [0.25, 0.3) is 11.8 Å². The van der Waals surface area contributed by atoms with Gasteiger partial charge < -0.3 is 35.0 Å². The number of amides is 1. The lowest BCUT2D eigenvalue weighted by Gasteiger charge is -2.13. The molecular formula is C44H36BrCl4F2N9O6. The zero-order valence-corrected chi connectivity index (χ0v) is 39.3. The van der Waals surface area contributed by atoms with E-state index in [1.165, 1.54) is 6.92 Å². The van der Waals surface area contributed by atoms with Crippen molar-refractivity contribution in [3.8, 4) is 39.9 Å². The summed E-state index contributed by atoms with van der Waals surface area (Å²) in [6.07, 6.45) is -0.107. The van der Waals surface area contributed by atoms with Crippen molar-refractivity contribution in [2.45, 2.75) is 38.1 Å². The molecular weight excluding hydrogens is 1010 g/mol. The zero-order chi connectivity index (χ0) is 47.9. The van der Waals surface area contributed by atoms with Crippen LogP contribution in [0.5, 0.6) is 5.75 Å². The van der Waals surface area contributed by atoms with Crippen LogP contribution in [0.2, 0.25) is 20.1 Å². The summed E-state index contributed by atoms with van der Waals surface area (Å²) in [6, 6.07) is 30.1. The number of amidine groups is 1. The van der Waals surface area contributed by atoms with Crippen molar-refractivity contribution in [3.63, 3.8) is 0 Å². The number of oxime groups is 1. The second-order valence-electron chi connectivity index (χ2n) is 13.3. The first-order chi connectivity index (χ1) is 31.6. The molecule has 1 amide bonds. The molecule has 0 radical (unpaired) electrons. The van der Waals surface area contributed by atoms with Gasteiger partial charge in [-0.2, -0.15) is 15.0 Å². The van der Waals surface area contributed by atoms with Crippen LogP contribution < -0.4 is 16.2 Å². The Labute approximate surface area is 403 Å². The van der Waals surface area contributed by atoms with E-state index in [2.05, 4.69) is 51.5 Å². The number of primary amides is 1. The fourth-order valence-corrected chi connectivity index (χ4v) is 5.80. The summed E-state index contributed by atoms with van der Waals surface area (Å²) in [5.74, 6) is -1.01. The second-order valence-corrected chi connectivity index (χ2v) is 16.4. The van der Waals surface area contributed by atoms with Crippen molar-refractivity contribution in [2.75, 3.05) is 0 Å². The lowest BCUT2D eigenvalue weighted by atomic mass is 10.1. The van der Waals surface area contributed by atoms with Crippen molar-refractivity contribution < 1.29 is 37.1 Å². The van der Waals surface area contributed by atoms with Gasteiger partial charge >= 0.3 is 0 Å². The molecule has 0 bridgehead atoms. The summed E-state index contributed by atoms with van der Waals surface area (Å²) < 4.78 is 48.3. The minimum absolute atomic E-state index is 0.0612. The molecule has 0 aliphatic carbocycles. The van der Waals surface area contributed by atoms with Crippen molar-refractivity contribution >= 4 is 74.1 Å². The van der Waals surface area contributed by atoms with E-state index in [1.54, 1.807) is 72.8 Å². The number of hydrogen-bond donors (Lipinski definition) is 3. The highest BCUT2D eigenvalue weighted by molar-refractivity contribution is 9.09. The number of benzene rings is 5. The zero-order valence-electron chi connectivity index (χ0n) is 34.7. The summed E-state index contributed by atoms with van der Waals surface area (Å²) in [7, 11) is 0. The van der Waals surface area contributed by atoms with Gasteiger partial charge in [-0.25, -0.2) is 8.78 Å². The van der Waals surface area contributed by atoms with E-state index in [-0.39, 0.29) is 22.3 Å². The van der Waals surface area contributed by atoms with E-state index in [1.807, 2.05) is 38.1 Å². The van der Waals surface area contributed by atoms with Gasteiger partial charge in [0, 0.05) is 48.8 Å². The van der Waals surface area contributed by atoms with Crippen LogP contribution in [-0.2, 0) is 6.42 Å². The highest BCUT2D eigenvalue weighted by Crippen LogP contribution is 2.29. The Hall–Kier alpha value is -6.44. The molecule has 0 saturated carbocycles. The maximum atomic E-state index is 14.2. The minimum atomic E-state index is -1.24. The van der Waals surface area contributed by atoms with Gasteiger partial charge in [-0.05, 0) is 123 Å². The van der Waals surface area contributed by atoms with E-state index in [0.29, 0.717) is 60.5 Å². The third kappa shape index (κ3) is 14.3. The SMILES string of the molecule is CC(Br)c1nc(-c2ccc(Cl)cc2)no1.CC(Oc1ccc(F)c(C(N)=O)c1F)c1nc(-c2ccc(Cl)cc2)no1.CCc1nc(-c2ccc(Cl)cc2)no1.N/C(=N/O)c1ccc(Cl)cc1. The van der Waals surface area contributed by atoms with Crippen LogP contribution in [-0.4, -0.2) is 47.4 Å². The number of aromatic nitrogens is 6. The van der Waals surface area contributed by atoms with E-state index in [9.17, 15) is 13.6 Å². The summed E-state index contributed by atoms with van der Waals surface area (Å²) in [5.41, 5.74) is 12.5. The first kappa shape index (κ1) is 50.6. The number of ether oxygens (including phenoxy) is 1. The largest absolute Gasteiger partial charge is 0.478 e. The van der Waals surface area contributed by atoms with Crippen LogP contribution in [0.1, 0.15) is 65.3 Å². The molecule has 0 spiro atoms. The summed E-state index contributed by atoms with van der Waals surface area (Å²) in [6.45, 7) is 5.43. The van der Waals surface area contributed by atoms with Gasteiger partial charge in [0.1, 0.15) is 11.4 Å². The number of hydrogen-bond acceptors (Lipinski definition) is 13. The van der Waals surface area contributed by atoms with Gasteiger partial charge in [0.2, 0.25) is 29.3 Å². The molecule has 0 aliphatic rings. The molecule has 8 rings (SSSR count). The molecule has 8 aromatic rings. The van der Waals surface area contributed by atoms with Crippen molar-refractivity contribution in [2.24, 2.45) is 16.6 Å². The molecule has 0 saturated heterocycles. The van der Waals surface area contributed by atoms with Gasteiger partial charge in [-0.15, -0.1) is 0 Å². The Morgan fingerprint density at radius 2 is 1.11 bits per heavy atom. The van der Waals surface area contributed by atoms with Gasteiger partial charge in [-0.3, -0.25) is 4.79 Å². The molecule has 3 aromatic heterocycles. The number of halogens is 7. The smallest absolute Gasteiger partial charge is 0.267 e.